The van der Waals surface area contributed by atoms with Gasteiger partial charge in [-0.05, 0) is 64.3 Å². The number of hydrogen-bond donors (Lipinski definition) is 0. The molecule has 0 N–H and O–H groups in total. The monoisotopic (exact) mass is 426 g/mol. The van der Waals surface area contributed by atoms with Gasteiger partial charge in [-0.15, -0.1) is 11.3 Å². The summed E-state index contributed by atoms with van der Waals surface area (Å²) in [6.45, 7) is 11.9. The molecular weight excluding hydrogens is 404 g/mol. The van der Waals surface area contributed by atoms with Gasteiger partial charge in [0.05, 0.1) is 16.3 Å². The second-order valence-electron chi connectivity index (χ2n) is 7.16. The summed E-state index contributed by atoms with van der Waals surface area (Å²) in [5, 5.41) is 5.06. The Balaban J connectivity index is 1.97. The largest absolute Gasteiger partial charge is 0.338 e. The number of nitrogens with zero attached hydrogens (tertiary/aromatic N) is 4. The normalized spacial score (nSPS) is 12.6. The Bertz CT molecular complexity index is 1290. The molecule has 1 atom stereocenters. The first-order chi connectivity index (χ1) is 13.8. The Hall–Kier alpha value is -2.45. The van der Waals surface area contributed by atoms with Gasteiger partial charge in [0.1, 0.15) is 4.83 Å². The molecule has 150 valence electrons. The van der Waals surface area contributed by atoms with Gasteiger partial charge in [-0.25, -0.2) is 4.98 Å². The maximum absolute atomic E-state index is 13.6. The number of rotatable bonds is 4. The van der Waals surface area contributed by atoms with Crippen molar-refractivity contribution >= 4 is 33.3 Å². The number of hydrogen-bond acceptors (Lipinski definition) is 7. The number of thioether (sulfide) groups is 1. The fourth-order valence-electron chi connectivity index (χ4n) is 3.23. The predicted molar refractivity (Wildman–Crippen MR) is 117 cm³/mol. The number of aromatic nitrogens is 4. The molecule has 0 saturated heterocycles. The lowest BCUT2D eigenvalue weighted by atomic mass is 10.1. The Morgan fingerprint density at radius 2 is 1.86 bits per heavy atom. The summed E-state index contributed by atoms with van der Waals surface area (Å²) in [4.78, 5) is 24.7. The van der Waals surface area contributed by atoms with E-state index in [1.165, 1.54) is 11.8 Å². The van der Waals surface area contributed by atoms with Crippen molar-refractivity contribution in [1.82, 2.24) is 19.7 Å². The molecule has 0 amide bonds. The van der Waals surface area contributed by atoms with Crippen LogP contribution in [0.15, 0.2) is 32.7 Å². The number of benzene rings is 1. The van der Waals surface area contributed by atoms with E-state index >= 15 is 0 Å². The Morgan fingerprint density at radius 1 is 1.10 bits per heavy atom. The van der Waals surface area contributed by atoms with Gasteiger partial charge >= 0.3 is 0 Å². The van der Waals surface area contributed by atoms with Crippen molar-refractivity contribution < 1.29 is 4.52 Å². The first-order valence-electron chi connectivity index (χ1n) is 9.34. The molecule has 0 fully saturated rings. The molecule has 0 aliphatic rings. The number of aryl methyl sites for hydroxylation is 4. The minimum absolute atomic E-state index is 0.0399. The van der Waals surface area contributed by atoms with Crippen molar-refractivity contribution in [3.63, 3.8) is 0 Å². The molecule has 0 aliphatic carbocycles. The fraction of sp³-hybridized carbons (Fsp3) is 0.333. The van der Waals surface area contributed by atoms with Crippen LogP contribution in [-0.4, -0.2) is 19.7 Å². The van der Waals surface area contributed by atoms with Crippen LogP contribution in [0.25, 0.3) is 15.9 Å². The molecule has 3 heterocycles. The average Bonchev–Trinajstić information content (AvgIpc) is 3.22. The lowest BCUT2D eigenvalue weighted by molar-refractivity contribution is 0.376. The van der Waals surface area contributed by atoms with Crippen LogP contribution in [0.4, 0.5) is 0 Å². The molecule has 1 unspecified atom stereocenters. The van der Waals surface area contributed by atoms with Gasteiger partial charge < -0.3 is 4.52 Å². The highest BCUT2D eigenvalue weighted by Crippen LogP contribution is 2.36. The lowest BCUT2D eigenvalue weighted by Crippen LogP contribution is -2.23. The summed E-state index contributed by atoms with van der Waals surface area (Å²) in [6.07, 6.45) is 0. The minimum atomic E-state index is -0.140. The molecule has 3 aromatic heterocycles. The van der Waals surface area contributed by atoms with Crippen LogP contribution in [-0.2, 0) is 0 Å². The van der Waals surface area contributed by atoms with E-state index in [1.807, 2.05) is 52.8 Å². The van der Waals surface area contributed by atoms with Crippen LogP contribution in [0.2, 0.25) is 0 Å². The molecule has 8 heteroatoms. The Labute approximate surface area is 177 Å². The van der Waals surface area contributed by atoms with Crippen LogP contribution in [0, 0.1) is 34.6 Å². The van der Waals surface area contributed by atoms with Crippen molar-refractivity contribution in [3.05, 3.63) is 61.8 Å². The first kappa shape index (κ1) is 19.8. The van der Waals surface area contributed by atoms with E-state index in [2.05, 4.69) is 10.1 Å². The zero-order valence-corrected chi connectivity index (χ0v) is 18.9. The zero-order chi connectivity index (χ0) is 20.9. The summed E-state index contributed by atoms with van der Waals surface area (Å²) >= 11 is 3.01. The van der Waals surface area contributed by atoms with E-state index in [0.717, 1.165) is 32.1 Å². The van der Waals surface area contributed by atoms with E-state index in [9.17, 15) is 4.79 Å². The van der Waals surface area contributed by atoms with E-state index in [4.69, 9.17) is 9.51 Å². The van der Waals surface area contributed by atoms with Crippen molar-refractivity contribution in [3.8, 4) is 5.69 Å². The van der Waals surface area contributed by atoms with Crippen molar-refractivity contribution in [2.45, 2.75) is 51.9 Å². The Kier molecular flexibility index (Phi) is 5.08. The minimum Gasteiger partial charge on any atom is -0.338 e. The summed E-state index contributed by atoms with van der Waals surface area (Å²) in [5.41, 5.74) is 4.00. The highest BCUT2D eigenvalue weighted by molar-refractivity contribution is 7.99. The van der Waals surface area contributed by atoms with Crippen LogP contribution >= 0.6 is 23.1 Å². The summed E-state index contributed by atoms with van der Waals surface area (Å²) in [6, 6.07) is 5.99. The standard InChI is InChI=1S/C21H22N4O2S2/c1-10-8-7-9-16(11(10)2)25-20(26)17-12(3)13(4)28-19(17)23-21(25)29-14(5)18-22-15(6)24-27-18/h7-9,14H,1-6H3. The van der Waals surface area contributed by atoms with Gasteiger partial charge in [0.25, 0.3) is 5.56 Å². The third-order valence-electron chi connectivity index (χ3n) is 5.16. The molecule has 4 rings (SSSR count). The van der Waals surface area contributed by atoms with Gasteiger partial charge in [0.15, 0.2) is 11.0 Å². The van der Waals surface area contributed by atoms with E-state index in [-0.39, 0.29) is 10.8 Å². The van der Waals surface area contributed by atoms with Gasteiger partial charge in [0.2, 0.25) is 5.89 Å². The van der Waals surface area contributed by atoms with Crippen molar-refractivity contribution in [2.24, 2.45) is 0 Å². The van der Waals surface area contributed by atoms with E-state index < -0.39 is 0 Å². The van der Waals surface area contributed by atoms with Gasteiger partial charge in [0, 0.05) is 4.88 Å². The predicted octanol–water partition coefficient (Wildman–Crippen LogP) is 5.23. The summed E-state index contributed by atoms with van der Waals surface area (Å²) < 4.78 is 7.06. The molecule has 6 nitrogen and oxygen atoms in total. The molecule has 29 heavy (non-hydrogen) atoms. The topological polar surface area (TPSA) is 73.8 Å². The fourth-order valence-corrected chi connectivity index (χ4v) is 5.25. The molecule has 0 saturated carbocycles. The summed E-state index contributed by atoms with van der Waals surface area (Å²) in [7, 11) is 0. The second kappa shape index (κ2) is 7.42. The third-order valence-corrected chi connectivity index (χ3v) is 7.30. The van der Waals surface area contributed by atoms with E-state index in [1.54, 1.807) is 22.8 Å². The van der Waals surface area contributed by atoms with Crippen LogP contribution < -0.4 is 5.56 Å². The number of thiophene rings is 1. The molecular formula is C21H22N4O2S2. The van der Waals surface area contributed by atoms with Crippen molar-refractivity contribution in [2.75, 3.05) is 0 Å². The Morgan fingerprint density at radius 3 is 2.55 bits per heavy atom. The molecule has 4 aromatic rings. The smallest absolute Gasteiger partial charge is 0.267 e. The first-order valence-corrected chi connectivity index (χ1v) is 11.0. The molecule has 0 bridgehead atoms. The quantitative estimate of drug-likeness (QED) is 0.329. The van der Waals surface area contributed by atoms with E-state index in [0.29, 0.717) is 22.3 Å². The molecule has 0 aliphatic heterocycles. The van der Waals surface area contributed by atoms with Crippen LogP contribution in [0.1, 0.15) is 45.5 Å². The maximum atomic E-state index is 13.6. The summed E-state index contributed by atoms with van der Waals surface area (Å²) in [5.74, 6) is 1.11. The third kappa shape index (κ3) is 3.40. The lowest BCUT2D eigenvalue weighted by Gasteiger charge is -2.16. The maximum Gasteiger partial charge on any atom is 0.267 e. The van der Waals surface area contributed by atoms with Crippen LogP contribution in [0.5, 0.6) is 0 Å². The van der Waals surface area contributed by atoms with Gasteiger partial charge in [-0.2, -0.15) is 4.98 Å². The molecule has 0 spiro atoms. The number of fused-ring (bicyclic) bond motifs is 1. The zero-order valence-electron chi connectivity index (χ0n) is 17.2. The highest BCUT2D eigenvalue weighted by atomic mass is 32.2. The molecule has 1 aromatic carbocycles. The average molecular weight is 427 g/mol. The van der Waals surface area contributed by atoms with Crippen molar-refractivity contribution in [1.29, 1.82) is 0 Å². The SMILES string of the molecule is Cc1noc(C(C)Sc2nc3sc(C)c(C)c3c(=O)n2-c2cccc(C)c2C)n1. The van der Waals surface area contributed by atoms with Gasteiger partial charge in [-0.1, -0.05) is 29.1 Å². The van der Waals surface area contributed by atoms with Crippen LogP contribution in [0.3, 0.4) is 0 Å². The second-order valence-corrected chi connectivity index (χ2v) is 9.67. The van der Waals surface area contributed by atoms with Gasteiger partial charge in [-0.3, -0.25) is 9.36 Å². The highest BCUT2D eigenvalue weighted by Gasteiger charge is 2.23. The molecule has 0 radical (unpaired) electrons.